The summed E-state index contributed by atoms with van der Waals surface area (Å²) >= 11 is 0. The molecule has 1 aromatic heterocycles. The van der Waals surface area contributed by atoms with Gasteiger partial charge in [-0.1, -0.05) is 42.5 Å². The van der Waals surface area contributed by atoms with Gasteiger partial charge >= 0.3 is 5.97 Å². The predicted octanol–water partition coefficient (Wildman–Crippen LogP) is 3.81. The van der Waals surface area contributed by atoms with Crippen LogP contribution in [0, 0.1) is 6.92 Å². The van der Waals surface area contributed by atoms with Crippen molar-refractivity contribution < 1.29 is 9.53 Å². The van der Waals surface area contributed by atoms with Gasteiger partial charge < -0.3 is 4.74 Å². The van der Waals surface area contributed by atoms with E-state index in [-0.39, 0.29) is 12.6 Å². The SMILES string of the molecule is Cc1cnc(-c2ccc(C(=O)OCc3ccccc3)cc2)nc1. The number of rotatable bonds is 4. The average Bonchev–Trinajstić information content (AvgIpc) is 2.61. The minimum Gasteiger partial charge on any atom is -0.457 e. The van der Waals surface area contributed by atoms with E-state index in [0.29, 0.717) is 11.4 Å². The molecule has 0 aliphatic carbocycles. The van der Waals surface area contributed by atoms with E-state index in [4.69, 9.17) is 4.74 Å². The summed E-state index contributed by atoms with van der Waals surface area (Å²) < 4.78 is 5.31. The van der Waals surface area contributed by atoms with Crippen molar-refractivity contribution in [3.05, 3.63) is 83.7 Å². The second-order valence-electron chi connectivity index (χ2n) is 5.22. The largest absolute Gasteiger partial charge is 0.457 e. The van der Waals surface area contributed by atoms with Crippen molar-refractivity contribution in [3.63, 3.8) is 0 Å². The Bertz CT molecular complexity index is 782. The number of carbonyl (C=O) groups excluding carboxylic acids is 1. The van der Waals surface area contributed by atoms with Gasteiger partial charge in [-0.3, -0.25) is 0 Å². The van der Waals surface area contributed by atoms with E-state index in [9.17, 15) is 4.79 Å². The quantitative estimate of drug-likeness (QED) is 0.688. The molecule has 0 aliphatic rings. The van der Waals surface area contributed by atoms with Crippen LogP contribution in [0.25, 0.3) is 11.4 Å². The van der Waals surface area contributed by atoms with Gasteiger partial charge in [0.25, 0.3) is 0 Å². The molecule has 0 amide bonds. The van der Waals surface area contributed by atoms with Crippen molar-refractivity contribution >= 4 is 5.97 Å². The maximum Gasteiger partial charge on any atom is 0.338 e. The summed E-state index contributed by atoms with van der Waals surface area (Å²) in [4.78, 5) is 20.6. The molecule has 0 radical (unpaired) electrons. The van der Waals surface area contributed by atoms with Gasteiger partial charge in [-0.2, -0.15) is 0 Å². The summed E-state index contributed by atoms with van der Waals surface area (Å²) in [6.45, 7) is 2.21. The average molecular weight is 304 g/mol. The maximum atomic E-state index is 12.1. The number of carbonyl (C=O) groups is 1. The third-order valence-electron chi connectivity index (χ3n) is 3.37. The fraction of sp³-hybridized carbons (Fsp3) is 0.105. The first-order valence-electron chi connectivity index (χ1n) is 7.32. The number of hydrogen-bond donors (Lipinski definition) is 0. The Labute approximate surface area is 134 Å². The first-order valence-corrected chi connectivity index (χ1v) is 7.32. The van der Waals surface area contributed by atoms with Crippen molar-refractivity contribution in [1.82, 2.24) is 9.97 Å². The van der Waals surface area contributed by atoms with Crippen LogP contribution in [0.15, 0.2) is 67.0 Å². The number of aryl methyl sites for hydroxylation is 1. The molecule has 3 rings (SSSR count). The zero-order valence-corrected chi connectivity index (χ0v) is 12.8. The fourth-order valence-electron chi connectivity index (χ4n) is 2.10. The van der Waals surface area contributed by atoms with Crippen LogP contribution >= 0.6 is 0 Å². The summed E-state index contributed by atoms with van der Waals surface area (Å²) in [5.74, 6) is 0.296. The van der Waals surface area contributed by atoms with E-state index < -0.39 is 0 Å². The molecule has 0 saturated carbocycles. The molecule has 0 atom stereocenters. The molecule has 0 spiro atoms. The molecule has 4 heteroatoms. The molecule has 0 unspecified atom stereocenters. The molecule has 0 fully saturated rings. The molecular weight excluding hydrogens is 288 g/mol. The predicted molar refractivity (Wildman–Crippen MR) is 87.8 cm³/mol. The van der Waals surface area contributed by atoms with Gasteiger partial charge in [0.05, 0.1) is 5.56 Å². The monoisotopic (exact) mass is 304 g/mol. The summed E-state index contributed by atoms with van der Waals surface area (Å²) in [5, 5.41) is 0. The first kappa shape index (κ1) is 14.9. The number of nitrogens with zero attached hydrogens (tertiary/aromatic N) is 2. The van der Waals surface area contributed by atoms with Crippen LogP contribution in [0.1, 0.15) is 21.5 Å². The molecular formula is C19H16N2O2. The number of benzene rings is 2. The third-order valence-corrected chi connectivity index (χ3v) is 3.37. The molecule has 3 aromatic rings. The van der Waals surface area contributed by atoms with Crippen molar-refractivity contribution in [2.75, 3.05) is 0 Å². The van der Waals surface area contributed by atoms with E-state index in [1.165, 1.54) is 0 Å². The van der Waals surface area contributed by atoms with E-state index >= 15 is 0 Å². The van der Waals surface area contributed by atoms with Crippen LogP contribution in [0.4, 0.5) is 0 Å². The molecule has 23 heavy (non-hydrogen) atoms. The zero-order chi connectivity index (χ0) is 16.1. The number of aromatic nitrogens is 2. The van der Waals surface area contributed by atoms with Crippen molar-refractivity contribution in [2.45, 2.75) is 13.5 Å². The topological polar surface area (TPSA) is 52.1 Å². The highest BCUT2D eigenvalue weighted by Gasteiger charge is 2.08. The summed E-state index contributed by atoms with van der Waals surface area (Å²) in [7, 11) is 0. The lowest BCUT2D eigenvalue weighted by Crippen LogP contribution is -2.05. The van der Waals surface area contributed by atoms with E-state index in [0.717, 1.165) is 16.7 Å². The van der Waals surface area contributed by atoms with Gasteiger partial charge in [0.1, 0.15) is 6.61 Å². The Morgan fingerprint density at radius 1 is 0.957 bits per heavy atom. The normalized spacial score (nSPS) is 10.3. The molecule has 0 N–H and O–H groups in total. The van der Waals surface area contributed by atoms with Gasteiger partial charge in [0.2, 0.25) is 0 Å². The Balaban J connectivity index is 1.67. The standard InChI is InChI=1S/C19H16N2O2/c1-14-11-20-18(21-12-14)16-7-9-17(10-8-16)19(22)23-13-15-5-3-2-4-6-15/h2-12H,13H2,1H3. The lowest BCUT2D eigenvalue weighted by atomic mass is 10.1. The summed E-state index contributed by atoms with van der Waals surface area (Å²) in [5.41, 5.74) is 3.35. The first-order chi connectivity index (χ1) is 11.2. The highest BCUT2D eigenvalue weighted by atomic mass is 16.5. The fourth-order valence-corrected chi connectivity index (χ4v) is 2.10. The van der Waals surface area contributed by atoms with Crippen LogP contribution in [0.3, 0.4) is 0 Å². The minimum absolute atomic E-state index is 0.266. The number of hydrogen-bond acceptors (Lipinski definition) is 4. The lowest BCUT2D eigenvalue weighted by molar-refractivity contribution is 0.0473. The van der Waals surface area contributed by atoms with Gasteiger partial charge in [0, 0.05) is 18.0 Å². The van der Waals surface area contributed by atoms with Crippen LogP contribution in [-0.2, 0) is 11.3 Å². The van der Waals surface area contributed by atoms with Crippen LogP contribution in [0.2, 0.25) is 0 Å². The molecule has 1 heterocycles. The molecule has 0 bridgehead atoms. The van der Waals surface area contributed by atoms with Crippen LogP contribution < -0.4 is 0 Å². The molecule has 2 aromatic carbocycles. The Morgan fingerprint density at radius 2 is 1.61 bits per heavy atom. The molecule has 0 saturated heterocycles. The van der Waals surface area contributed by atoms with Crippen LogP contribution in [0.5, 0.6) is 0 Å². The third kappa shape index (κ3) is 3.80. The second-order valence-corrected chi connectivity index (χ2v) is 5.22. The second kappa shape index (κ2) is 6.83. The molecule has 114 valence electrons. The van der Waals surface area contributed by atoms with E-state index in [2.05, 4.69) is 9.97 Å². The van der Waals surface area contributed by atoms with E-state index in [1.807, 2.05) is 49.4 Å². The van der Waals surface area contributed by atoms with E-state index in [1.54, 1.807) is 24.5 Å². The van der Waals surface area contributed by atoms with Crippen molar-refractivity contribution in [2.24, 2.45) is 0 Å². The Hall–Kier alpha value is -3.01. The highest BCUT2D eigenvalue weighted by Crippen LogP contribution is 2.16. The number of esters is 1. The van der Waals surface area contributed by atoms with Gasteiger partial charge in [0.15, 0.2) is 5.82 Å². The van der Waals surface area contributed by atoms with Crippen molar-refractivity contribution in [1.29, 1.82) is 0 Å². The lowest BCUT2D eigenvalue weighted by Gasteiger charge is -2.06. The minimum atomic E-state index is -0.342. The maximum absolute atomic E-state index is 12.1. The van der Waals surface area contributed by atoms with Gasteiger partial charge in [-0.05, 0) is 30.2 Å². The molecule has 4 nitrogen and oxygen atoms in total. The Kier molecular flexibility index (Phi) is 4.43. The zero-order valence-electron chi connectivity index (χ0n) is 12.8. The van der Waals surface area contributed by atoms with Gasteiger partial charge in [-0.25, -0.2) is 14.8 Å². The van der Waals surface area contributed by atoms with Crippen LogP contribution in [-0.4, -0.2) is 15.9 Å². The molecule has 0 aliphatic heterocycles. The summed E-state index contributed by atoms with van der Waals surface area (Å²) in [6, 6.07) is 16.7. The van der Waals surface area contributed by atoms with Crippen molar-refractivity contribution in [3.8, 4) is 11.4 Å². The number of ether oxygens (including phenoxy) is 1. The smallest absolute Gasteiger partial charge is 0.338 e. The Morgan fingerprint density at radius 3 is 2.26 bits per heavy atom. The highest BCUT2D eigenvalue weighted by molar-refractivity contribution is 5.89. The van der Waals surface area contributed by atoms with Gasteiger partial charge in [-0.15, -0.1) is 0 Å². The summed E-state index contributed by atoms with van der Waals surface area (Å²) in [6.07, 6.45) is 3.54.